The summed E-state index contributed by atoms with van der Waals surface area (Å²) in [5, 5.41) is 9.46. The van der Waals surface area contributed by atoms with Crippen LogP contribution >= 0.6 is 24.0 Å². The molecule has 3 nitrogen and oxygen atoms in total. The fourth-order valence-corrected chi connectivity index (χ4v) is 1.47. The average Bonchev–Trinajstić information content (AvgIpc) is 2.55. The van der Waals surface area contributed by atoms with Gasteiger partial charge in [-0.05, 0) is 24.1 Å². The van der Waals surface area contributed by atoms with Crippen molar-refractivity contribution in [1.29, 1.82) is 0 Å². The van der Waals surface area contributed by atoms with Crippen LogP contribution in [0.5, 0.6) is 0 Å². The Morgan fingerprint density at radius 3 is 2.91 bits per heavy atom. The number of rotatable bonds is 1. The van der Waals surface area contributed by atoms with Crippen molar-refractivity contribution in [3.05, 3.63) is 17.5 Å². The maximum absolute atomic E-state index is 5.03. The van der Waals surface area contributed by atoms with Crippen molar-refractivity contribution >= 4 is 24.0 Å². The molecule has 0 spiro atoms. The molecule has 0 bridgehead atoms. The van der Waals surface area contributed by atoms with E-state index in [2.05, 4.69) is 22.8 Å². The SMILES string of the molecule is [S]c1nnc(-c2cccs2)o1. The molecule has 0 amide bonds. The third kappa shape index (κ3) is 1.24. The highest BCUT2D eigenvalue weighted by atomic mass is 32.1. The van der Waals surface area contributed by atoms with Crippen molar-refractivity contribution in [2.24, 2.45) is 0 Å². The Hall–Kier alpha value is -0.940. The molecule has 55 valence electrons. The van der Waals surface area contributed by atoms with E-state index < -0.39 is 0 Å². The molecule has 2 aromatic rings. The molecule has 0 aromatic carbocycles. The summed E-state index contributed by atoms with van der Waals surface area (Å²) in [5.41, 5.74) is 0. The summed E-state index contributed by atoms with van der Waals surface area (Å²) in [7, 11) is 0. The molecule has 2 aromatic heterocycles. The number of aromatic nitrogens is 2. The largest absolute Gasteiger partial charge is 0.407 e. The van der Waals surface area contributed by atoms with Crippen LogP contribution in [0.4, 0.5) is 0 Å². The predicted molar refractivity (Wildman–Crippen MR) is 43.5 cm³/mol. The van der Waals surface area contributed by atoms with Gasteiger partial charge in [0.1, 0.15) is 0 Å². The van der Waals surface area contributed by atoms with Gasteiger partial charge in [-0.3, -0.25) is 0 Å². The molecule has 5 heteroatoms. The molecular weight excluding hydrogens is 180 g/mol. The Bertz CT molecular complexity index is 341. The molecule has 0 unspecified atom stereocenters. The average molecular weight is 183 g/mol. The van der Waals surface area contributed by atoms with E-state index >= 15 is 0 Å². The van der Waals surface area contributed by atoms with Gasteiger partial charge in [-0.25, -0.2) is 0 Å². The lowest BCUT2D eigenvalue weighted by atomic mass is 10.5. The van der Waals surface area contributed by atoms with Gasteiger partial charge in [0.25, 0.3) is 5.89 Å². The predicted octanol–water partition coefficient (Wildman–Crippen LogP) is 2.35. The Labute approximate surface area is 72.5 Å². The number of hydrogen-bond acceptors (Lipinski definition) is 4. The molecule has 11 heavy (non-hydrogen) atoms. The minimum Gasteiger partial charge on any atom is -0.407 e. The lowest BCUT2D eigenvalue weighted by Gasteiger charge is -1.81. The smallest absolute Gasteiger partial charge is 0.309 e. The molecule has 0 saturated heterocycles. The highest BCUT2D eigenvalue weighted by molar-refractivity contribution is 7.80. The quantitative estimate of drug-likeness (QED) is 0.681. The van der Waals surface area contributed by atoms with E-state index in [0.29, 0.717) is 5.89 Å². The van der Waals surface area contributed by atoms with Gasteiger partial charge < -0.3 is 4.42 Å². The van der Waals surface area contributed by atoms with Crippen LogP contribution in [0.15, 0.2) is 27.2 Å². The van der Waals surface area contributed by atoms with Crippen molar-refractivity contribution in [1.82, 2.24) is 10.2 Å². The van der Waals surface area contributed by atoms with E-state index in [9.17, 15) is 0 Å². The highest BCUT2D eigenvalue weighted by Crippen LogP contribution is 2.23. The van der Waals surface area contributed by atoms with E-state index in [0.717, 1.165) is 4.88 Å². The molecule has 1 radical (unpaired) electrons. The van der Waals surface area contributed by atoms with E-state index in [1.54, 1.807) is 11.3 Å². The molecule has 0 atom stereocenters. The summed E-state index contributed by atoms with van der Waals surface area (Å²) in [6, 6.07) is 3.83. The van der Waals surface area contributed by atoms with Crippen LogP contribution in [-0.2, 0) is 0 Å². The van der Waals surface area contributed by atoms with Crippen molar-refractivity contribution in [3.63, 3.8) is 0 Å². The van der Waals surface area contributed by atoms with Crippen LogP contribution in [-0.4, -0.2) is 10.2 Å². The lowest BCUT2D eigenvalue weighted by molar-refractivity contribution is 0.469. The number of thiophene rings is 1. The number of nitrogens with zero attached hydrogens (tertiary/aromatic N) is 2. The minimum atomic E-state index is 0.188. The summed E-state index contributed by atoms with van der Waals surface area (Å²) in [5.74, 6) is 0.505. The van der Waals surface area contributed by atoms with Gasteiger partial charge in [-0.15, -0.1) is 16.4 Å². The van der Waals surface area contributed by atoms with Crippen LogP contribution in [0.1, 0.15) is 0 Å². The molecule has 2 rings (SSSR count). The van der Waals surface area contributed by atoms with E-state index in [4.69, 9.17) is 4.42 Å². The van der Waals surface area contributed by atoms with Crippen LogP contribution in [0.2, 0.25) is 0 Å². The molecule has 0 aliphatic heterocycles. The van der Waals surface area contributed by atoms with Crippen LogP contribution in [0.3, 0.4) is 0 Å². The fraction of sp³-hybridized carbons (Fsp3) is 0. The second-order valence-electron chi connectivity index (χ2n) is 1.85. The molecule has 0 fully saturated rings. The third-order valence-corrected chi connectivity index (χ3v) is 2.16. The first kappa shape index (κ1) is 6.75. The highest BCUT2D eigenvalue weighted by Gasteiger charge is 2.05. The fourth-order valence-electron chi connectivity index (χ4n) is 0.710. The molecule has 0 N–H and O–H groups in total. The molecule has 0 aliphatic rings. The minimum absolute atomic E-state index is 0.188. The first-order valence-corrected chi connectivity index (χ1v) is 4.19. The molecule has 0 aliphatic carbocycles. The van der Waals surface area contributed by atoms with E-state index in [1.165, 1.54) is 0 Å². The van der Waals surface area contributed by atoms with Crippen molar-refractivity contribution < 1.29 is 4.42 Å². The summed E-state index contributed by atoms with van der Waals surface area (Å²) in [6.07, 6.45) is 0. The second kappa shape index (κ2) is 2.60. The Kier molecular flexibility index (Phi) is 1.59. The lowest BCUT2D eigenvalue weighted by Crippen LogP contribution is -1.69. The molecular formula is C6H3N2OS2. The van der Waals surface area contributed by atoms with Crippen molar-refractivity contribution in [3.8, 4) is 10.8 Å². The molecule has 2 heterocycles. The van der Waals surface area contributed by atoms with E-state index in [1.807, 2.05) is 17.5 Å². The van der Waals surface area contributed by atoms with Gasteiger partial charge >= 0.3 is 5.22 Å². The normalized spacial score (nSPS) is 10.2. The summed E-state index contributed by atoms with van der Waals surface area (Å²) >= 11 is 6.22. The first-order chi connectivity index (χ1) is 5.36. The standard InChI is InChI=1S/C6H3N2OS2/c10-6-8-7-5(9-6)4-2-1-3-11-4/h1-3H. The van der Waals surface area contributed by atoms with Crippen LogP contribution < -0.4 is 0 Å². The van der Waals surface area contributed by atoms with Crippen molar-refractivity contribution in [2.75, 3.05) is 0 Å². The van der Waals surface area contributed by atoms with Gasteiger partial charge in [-0.1, -0.05) is 11.2 Å². The monoisotopic (exact) mass is 183 g/mol. The summed E-state index contributed by atoms with van der Waals surface area (Å²) in [4.78, 5) is 0.952. The second-order valence-corrected chi connectivity index (χ2v) is 3.15. The van der Waals surface area contributed by atoms with Gasteiger partial charge in [0.15, 0.2) is 0 Å². The third-order valence-electron chi connectivity index (χ3n) is 1.14. The van der Waals surface area contributed by atoms with Gasteiger partial charge in [0.2, 0.25) is 0 Å². The van der Waals surface area contributed by atoms with Gasteiger partial charge in [-0.2, -0.15) is 0 Å². The van der Waals surface area contributed by atoms with Crippen LogP contribution in [0.25, 0.3) is 10.8 Å². The zero-order valence-electron chi connectivity index (χ0n) is 5.35. The van der Waals surface area contributed by atoms with Gasteiger partial charge in [0, 0.05) is 0 Å². The summed E-state index contributed by atoms with van der Waals surface area (Å²) in [6.45, 7) is 0. The topological polar surface area (TPSA) is 38.9 Å². The Balaban J connectivity index is 2.45. The van der Waals surface area contributed by atoms with E-state index in [-0.39, 0.29) is 5.22 Å². The van der Waals surface area contributed by atoms with Crippen LogP contribution in [0, 0.1) is 0 Å². The maximum atomic E-state index is 5.03. The van der Waals surface area contributed by atoms with Gasteiger partial charge in [0.05, 0.1) is 4.88 Å². The first-order valence-electron chi connectivity index (χ1n) is 2.90. The molecule has 0 saturated carbocycles. The Morgan fingerprint density at radius 2 is 2.36 bits per heavy atom. The zero-order chi connectivity index (χ0) is 7.68. The maximum Gasteiger partial charge on any atom is 0.309 e. The number of hydrogen-bond donors (Lipinski definition) is 0. The zero-order valence-corrected chi connectivity index (χ0v) is 6.98. The summed E-state index contributed by atoms with van der Waals surface area (Å²) < 4.78 is 5.03. The van der Waals surface area contributed by atoms with Crippen molar-refractivity contribution in [2.45, 2.75) is 5.22 Å². The Morgan fingerprint density at radius 1 is 1.45 bits per heavy atom.